The van der Waals surface area contributed by atoms with Gasteiger partial charge in [-0.3, -0.25) is 4.79 Å². The molecule has 2 aromatic carbocycles. The number of amides is 1. The van der Waals surface area contributed by atoms with Gasteiger partial charge < -0.3 is 10.1 Å². The van der Waals surface area contributed by atoms with Crippen molar-refractivity contribution >= 4 is 33.4 Å². The Hall–Kier alpha value is -2.03. The molecule has 0 saturated carbocycles. The van der Waals surface area contributed by atoms with E-state index < -0.39 is 10.0 Å². The third-order valence-electron chi connectivity index (χ3n) is 4.52. The molecule has 8 heteroatoms. The van der Waals surface area contributed by atoms with Crippen molar-refractivity contribution in [2.45, 2.75) is 29.1 Å². The largest absolute Gasteiger partial charge is 0.497 e. The molecule has 150 valence electrons. The van der Waals surface area contributed by atoms with Crippen molar-refractivity contribution in [3.05, 3.63) is 48.5 Å². The first kappa shape index (κ1) is 20.7. The molecular weight excluding hydrogens is 396 g/mol. The summed E-state index contributed by atoms with van der Waals surface area (Å²) in [5.74, 6) is 0.890. The van der Waals surface area contributed by atoms with Crippen LogP contribution in [-0.4, -0.2) is 44.6 Å². The molecule has 0 unspecified atom stereocenters. The molecule has 0 aliphatic carbocycles. The molecule has 0 radical (unpaired) electrons. The molecule has 1 aliphatic heterocycles. The Bertz CT molecular complexity index is 891. The van der Waals surface area contributed by atoms with E-state index in [4.69, 9.17) is 4.74 Å². The van der Waals surface area contributed by atoms with Crippen LogP contribution in [0.5, 0.6) is 5.75 Å². The lowest BCUT2D eigenvalue weighted by atomic mass is 10.2. The maximum atomic E-state index is 12.7. The second-order valence-electron chi connectivity index (χ2n) is 6.50. The van der Waals surface area contributed by atoms with Gasteiger partial charge in [-0.1, -0.05) is 6.42 Å². The fourth-order valence-corrected chi connectivity index (χ4v) is 5.20. The highest BCUT2D eigenvalue weighted by atomic mass is 32.2. The molecule has 1 N–H and O–H groups in total. The first-order valence-corrected chi connectivity index (χ1v) is 11.6. The summed E-state index contributed by atoms with van der Waals surface area (Å²) in [6.07, 6.45) is 2.88. The Labute approximate surface area is 170 Å². The van der Waals surface area contributed by atoms with Crippen LogP contribution in [-0.2, 0) is 14.8 Å². The van der Waals surface area contributed by atoms with Gasteiger partial charge in [0.2, 0.25) is 15.9 Å². The van der Waals surface area contributed by atoms with Crippen LogP contribution < -0.4 is 10.1 Å². The molecule has 6 nitrogen and oxygen atoms in total. The zero-order valence-corrected chi connectivity index (χ0v) is 17.4. The van der Waals surface area contributed by atoms with E-state index in [1.54, 1.807) is 31.4 Å². The minimum Gasteiger partial charge on any atom is -0.497 e. The predicted molar refractivity (Wildman–Crippen MR) is 111 cm³/mol. The minimum absolute atomic E-state index is 0.146. The average molecular weight is 421 g/mol. The molecule has 0 bridgehead atoms. The van der Waals surface area contributed by atoms with Gasteiger partial charge in [0, 0.05) is 23.7 Å². The van der Waals surface area contributed by atoms with Gasteiger partial charge in [0.15, 0.2) is 0 Å². The Morgan fingerprint density at radius 2 is 1.68 bits per heavy atom. The molecule has 1 saturated heterocycles. The van der Waals surface area contributed by atoms with Crippen molar-refractivity contribution in [1.82, 2.24) is 4.31 Å². The van der Waals surface area contributed by atoms with Crippen LogP contribution in [0.25, 0.3) is 0 Å². The lowest BCUT2D eigenvalue weighted by Crippen LogP contribution is -2.35. The highest BCUT2D eigenvalue weighted by Gasteiger charge is 2.25. The first-order valence-electron chi connectivity index (χ1n) is 9.16. The normalized spacial score (nSPS) is 15.2. The van der Waals surface area contributed by atoms with Crippen LogP contribution in [0.3, 0.4) is 0 Å². The summed E-state index contributed by atoms with van der Waals surface area (Å²) in [5.41, 5.74) is 0.581. The average Bonchev–Trinajstić information content (AvgIpc) is 2.73. The highest BCUT2D eigenvalue weighted by molar-refractivity contribution is 8.00. The van der Waals surface area contributed by atoms with Gasteiger partial charge >= 0.3 is 0 Å². The smallest absolute Gasteiger partial charge is 0.243 e. The van der Waals surface area contributed by atoms with Gasteiger partial charge in [-0.2, -0.15) is 4.31 Å². The second kappa shape index (κ2) is 9.45. The van der Waals surface area contributed by atoms with Crippen LogP contribution in [0, 0.1) is 0 Å². The van der Waals surface area contributed by atoms with E-state index in [2.05, 4.69) is 5.32 Å². The first-order chi connectivity index (χ1) is 13.5. The molecule has 0 spiro atoms. The number of carbonyl (C=O) groups is 1. The monoisotopic (exact) mass is 420 g/mol. The Kier molecular flexibility index (Phi) is 6.98. The van der Waals surface area contributed by atoms with Gasteiger partial charge in [0.05, 0.1) is 17.8 Å². The van der Waals surface area contributed by atoms with E-state index in [0.29, 0.717) is 18.8 Å². The maximum absolute atomic E-state index is 12.7. The molecule has 0 aromatic heterocycles. The van der Waals surface area contributed by atoms with Crippen molar-refractivity contribution in [2.75, 3.05) is 31.3 Å². The summed E-state index contributed by atoms with van der Waals surface area (Å²) >= 11 is 1.42. The Balaban J connectivity index is 1.55. The van der Waals surface area contributed by atoms with E-state index in [9.17, 15) is 13.2 Å². The van der Waals surface area contributed by atoms with Crippen LogP contribution in [0.2, 0.25) is 0 Å². The number of carbonyl (C=O) groups excluding carboxylic acids is 1. The summed E-state index contributed by atoms with van der Waals surface area (Å²) in [6, 6.07) is 13.9. The summed E-state index contributed by atoms with van der Waals surface area (Å²) in [6.45, 7) is 1.15. The Morgan fingerprint density at radius 1 is 1.04 bits per heavy atom. The van der Waals surface area contributed by atoms with E-state index in [0.717, 1.165) is 29.9 Å². The van der Waals surface area contributed by atoms with Crippen molar-refractivity contribution in [3.8, 4) is 5.75 Å². The molecule has 1 amide bonds. The zero-order chi connectivity index (χ0) is 20.0. The predicted octanol–water partition coefficient (Wildman–Crippen LogP) is 3.60. The summed E-state index contributed by atoms with van der Waals surface area (Å²) in [4.78, 5) is 13.4. The molecule has 0 atom stereocenters. The van der Waals surface area contributed by atoms with E-state index in [-0.39, 0.29) is 16.6 Å². The summed E-state index contributed by atoms with van der Waals surface area (Å²) in [7, 11) is -1.84. The van der Waals surface area contributed by atoms with Gasteiger partial charge in [-0.25, -0.2) is 8.42 Å². The number of rotatable bonds is 7. The van der Waals surface area contributed by atoms with Crippen LogP contribution >= 0.6 is 11.8 Å². The van der Waals surface area contributed by atoms with Gasteiger partial charge in [0.25, 0.3) is 0 Å². The number of hydrogen-bond acceptors (Lipinski definition) is 5. The van der Waals surface area contributed by atoms with Gasteiger partial charge in [-0.05, 0) is 61.4 Å². The second-order valence-corrected chi connectivity index (χ2v) is 9.49. The number of nitrogens with one attached hydrogen (secondary N) is 1. The summed E-state index contributed by atoms with van der Waals surface area (Å²) in [5, 5.41) is 2.80. The zero-order valence-electron chi connectivity index (χ0n) is 15.8. The third kappa shape index (κ3) is 5.27. The van der Waals surface area contributed by atoms with E-state index in [1.165, 1.54) is 16.1 Å². The maximum Gasteiger partial charge on any atom is 0.243 e. The molecule has 1 heterocycles. The number of piperidine rings is 1. The van der Waals surface area contributed by atoms with Gasteiger partial charge in [0.1, 0.15) is 5.75 Å². The molecule has 3 rings (SSSR count). The van der Waals surface area contributed by atoms with Crippen LogP contribution in [0.15, 0.2) is 58.3 Å². The van der Waals surface area contributed by atoms with Crippen molar-refractivity contribution < 1.29 is 17.9 Å². The lowest BCUT2D eigenvalue weighted by Gasteiger charge is -2.25. The fraction of sp³-hybridized carbons (Fsp3) is 0.350. The van der Waals surface area contributed by atoms with Crippen molar-refractivity contribution in [2.24, 2.45) is 0 Å². The van der Waals surface area contributed by atoms with Gasteiger partial charge in [-0.15, -0.1) is 11.8 Å². The number of hydrogen-bond donors (Lipinski definition) is 1. The lowest BCUT2D eigenvalue weighted by molar-refractivity contribution is -0.113. The molecule has 2 aromatic rings. The minimum atomic E-state index is -3.45. The molecule has 1 aliphatic rings. The SMILES string of the molecule is COc1ccc(SCC(=O)Nc2ccc(S(=O)(=O)N3CCCCC3)cc2)cc1. The number of sulfonamides is 1. The number of anilines is 1. The van der Waals surface area contributed by atoms with E-state index >= 15 is 0 Å². The fourth-order valence-electron chi connectivity index (χ4n) is 2.98. The quantitative estimate of drug-likeness (QED) is 0.693. The van der Waals surface area contributed by atoms with Crippen LogP contribution in [0.4, 0.5) is 5.69 Å². The summed E-state index contributed by atoms with van der Waals surface area (Å²) < 4.78 is 32.0. The molecule has 1 fully saturated rings. The third-order valence-corrected chi connectivity index (χ3v) is 7.45. The number of benzene rings is 2. The highest BCUT2D eigenvalue weighted by Crippen LogP contribution is 2.23. The molecule has 28 heavy (non-hydrogen) atoms. The molecular formula is C20H24N2O4S2. The topological polar surface area (TPSA) is 75.7 Å². The number of thioether (sulfide) groups is 1. The number of ether oxygens (including phenoxy) is 1. The van der Waals surface area contributed by atoms with Crippen molar-refractivity contribution in [1.29, 1.82) is 0 Å². The van der Waals surface area contributed by atoms with Crippen LogP contribution in [0.1, 0.15) is 19.3 Å². The standard InChI is InChI=1S/C20H24N2O4S2/c1-26-17-7-9-18(10-8-17)27-15-20(23)21-16-5-11-19(12-6-16)28(24,25)22-13-3-2-4-14-22/h5-12H,2-4,13-15H2,1H3,(H,21,23). The Morgan fingerprint density at radius 3 is 2.29 bits per heavy atom. The number of methoxy groups -OCH3 is 1. The number of nitrogens with zero attached hydrogens (tertiary/aromatic N) is 1. The van der Waals surface area contributed by atoms with Crippen molar-refractivity contribution in [3.63, 3.8) is 0 Å². The van der Waals surface area contributed by atoms with E-state index in [1.807, 2.05) is 24.3 Å².